The lowest BCUT2D eigenvalue weighted by Gasteiger charge is -2.34. The lowest BCUT2D eigenvalue weighted by atomic mass is 9.73. The van der Waals surface area contributed by atoms with E-state index in [1.807, 2.05) is 36.1 Å². The number of piperidine rings is 1. The lowest BCUT2D eigenvalue weighted by Crippen LogP contribution is -2.46. The van der Waals surface area contributed by atoms with Crippen LogP contribution in [0, 0.1) is 12.8 Å². The Balaban J connectivity index is 1.67. The van der Waals surface area contributed by atoms with E-state index in [4.69, 9.17) is 0 Å². The summed E-state index contributed by atoms with van der Waals surface area (Å²) in [5, 5.41) is 0. The molecule has 27 heavy (non-hydrogen) atoms. The first-order valence-electron chi connectivity index (χ1n) is 10.1. The normalized spacial score (nSPS) is 26.7. The molecule has 1 saturated carbocycles. The molecule has 2 aliphatic heterocycles. The first kappa shape index (κ1) is 18.2. The van der Waals surface area contributed by atoms with Crippen molar-refractivity contribution < 1.29 is 14.4 Å². The van der Waals surface area contributed by atoms with Crippen molar-refractivity contribution in [3.05, 3.63) is 35.4 Å². The van der Waals surface area contributed by atoms with Crippen molar-refractivity contribution in [2.45, 2.75) is 63.8 Å². The van der Waals surface area contributed by atoms with Crippen molar-refractivity contribution >= 4 is 17.7 Å². The van der Waals surface area contributed by atoms with E-state index < -0.39 is 5.41 Å². The van der Waals surface area contributed by atoms with Crippen molar-refractivity contribution in [1.82, 2.24) is 9.80 Å². The van der Waals surface area contributed by atoms with Crippen molar-refractivity contribution in [3.8, 4) is 0 Å². The number of carbonyl (C=O) groups excluding carboxylic acids is 3. The minimum atomic E-state index is -1.04. The van der Waals surface area contributed by atoms with Gasteiger partial charge in [-0.3, -0.25) is 19.3 Å². The summed E-state index contributed by atoms with van der Waals surface area (Å²) in [5.74, 6) is 0.359. The Morgan fingerprint density at radius 1 is 1.11 bits per heavy atom. The summed E-state index contributed by atoms with van der Waals surface area (Å²) in [7, 11) is 0. The maximum atomic E-state index is 13.5. The van der Waals surface area contributed by atoms with E-state index in [1.54, 1.807) is 0 Å². The summed E-state index contributed by atoms with van der Waals surface area (Å²) < 4.78 is 0. The van der Waals surface area contributed by atoms with E-state index in [0.717, 1.165) is 49.9 Å². The van der Waals surface area contributed by atoms with Gasteiger partial charge < -0.3 is 4.90 Å². The number of imide groups is 1. The highest BCUT2D eigenvalue weighted by molar-refractivity contribution is 6.11. The molecule has 0 bridgehead atoms. The molecule has 4 rings (SSSR count). The second-order valence-electron chi connectivity index (χ2n) is 8.61. The smallest absolute Gasteiger partial charge is 0.241 e. The third kappa shape index (κ3) is 3.17. The fraction of sp³-hybridized carbons (Fsp3) is 0.591. The van der Waals surface area contributed by atoms with Gasteiger partial charge in [0, 0.05) is 32.0 Å². The van der Waals surface area contributed by atoms with Crippen LogP contribution in [0.15, 0.2) is 24.3 Å². The van der Waals surface area contributed by atoms with E-state index >= 15 is 0 Å². The van der Waals surface area contributed by atoms with Crippen LogP contribution in [-0.4, -0.2) is 46.7 Å². The topological polar surface area (TPSA) is 57.7 Å². The summed E-state index contributed by atoms with van der Waals surface area (Å²) in [6.45, 7) is 5.67. The summed E-state index contributed by atoms with van der Waals surface area (Å²) in [5.41, 5.74) is 0.770. The molecule has 144 valence electrons. The predicted molar refractivity (Wildman–Crippen MR) is 102 cm³/mol. The lowest BCUT2D eigenvalue weighted by molar-refractivity contribution is -0.143. The number of carbonyl (C=O) groups is 3. The third-order valence-electron chi connectivity index (χ3n) is 6.51. The largest absolute Gasteiger partial charge is 0.343 e. The van der Waals surface area contributed by atoms with Crippen molar-refractivity contribution in [1.29, 1.82) is 0 Å². The monoisotopic (exact) mass is 368 g/mol. The molecule has 3 fully saturated rings. The molecule has 1 aliphatic carbocycles. The standard InChI is InChI=1S/C22H28N2O3/c1-15-9-11-23(12-10-15)19(25)13-22(18-6-4-3-5-16(18)2)14-20(26)24(21(22)27)17-7-8-17/h3-6,15,17H,7-14H2,1-2H3. The van der Waals surface area contributed by atoms with Gasteiger partial charge in [-0.15, -0.1) is 0 Å². The second-order valence-corrected chi connectivity index (χ2v) is 8.61. The molecule has 0 radical (unpaired) electrons. The Labute approximate surface area is 160 Å². The van der Waals surface area contributed by atoms with Crippen LogP contribution in [0.2, 0.25) is 0 Å². The quantitative estimate of drug-likeness (QED) is 0.768. The summed E-state index contributed by atoms with van der Waals surface area (Å²) in [6, 6.07) is 7.75. The fourth-order valence-corrected chi connectivity index (χ4v) is 4.65. The average Bonchev–Trinajstić information content (AvgIpc) is 3.43. The predicted octanol–water partition coefficient (Wildman–Crippen LogP) is 2.80. The van der Waals surface area contributed by atoms with E-state index in [-0.39, 0.29) is 36.6 Å². The number of benzene rings is 1. The Hall–Kier alpha value is -2.17. The van der Waals surface area contributed by atoms with Gasteiger partial charge in [0.1, 0.15) is 0 Å². The first-order chi connectivity index (χ1) is 12.9. The number of aryl methyl sites for hydroxylation is 1. The maximum Gasteiger partial charge on any atom is 0.241 e. The number of hydrogen-bond donors (Lipinski definition) is 0. The zero-order valence-corrected chi connectivity index (χ0v) is 16.2. The molecule has 1 unspecified atom stereocenters. The minimum absolute atomic E-state index is 0.00366. The third-order valence-corrected chi connectivity index (χ3v) is 6.51. The molecule has 0 spiro atoms. The van der Waals surface area contributed by atoms with Gasteiger partial charge in [-0.05, 0) is 49.7 Å². The minimum Gasteiger partial charge on any atom is -0.343 e. The van der Waals surface area contributed by atoms with Gasteiger partial charge in [0.25, 0.3) is 0 Å². The molecule has 2 heterocycles. The molecule has 3 amide bonds. The number of likely N-dealkylation sites (tertiary alicyclic amines) is 2. The Morgan fingerprint density at radius 2 is 1.78 bits per heavy atom. The van der Waals surface area contributed by atoms with E-state index in [2.05, 4.69) is 6.92 Å². The van der Waals surface area contributed by atoms with Crippen LogP contribution >= 0.6 is 0 Å². The van der Waals surface area contributed by atoms with Gasteiger partial charge in [-0.2, -0.15) is 0 Å². The van der Waals surface area contributed by atoms with Crippen LogP contribution in [0.3, 0.4) is 0 Å². The molecule has 5 heteroatoms. The number of nitrogens with zero attached hydrogens (tertiary/aromatic N) is 2. The van der Waals surface area contributed by atoms with E-state index in [1.165, 1.54) is 4.90 Å². The Bertz CT molecular complexity index is 778. The molecular formula is C22H28N2O3. The molecule has 1 aromatic rings. The van der Waals surface area contributed by atoms with Gasteiger partial charge >= 0.3 is 0 Å². The van der Waals surface area contributed by atoms with Gasteiger partial charge in [0.15, 0.2) is 0 Å². The highest BCUT2D eigenvalue weighted by Gasteiger charge is 2.57. The zero-order valence-electron chi connectivity index (χ0n) is 16.2. The maximum absolute atomic E-state index is 13.5. The molecule has 1 atom stereocenters. The van der Waals surface area contributed by atoms with E-state index in [0.29, 0.717) is 5.92 Å². The van der Waals surface area contributed by atoms with Crippen molar-refractivity contribution in [2.75, 3.05) is 13.1 Å². The van der Waals surface area contributed by atoms with Crippen LogP contribution in [0.4, 0.5) is 0 Å². The number of hydrogen-bond acceptors (Lipinski definition) is 3. The van der Waals surface area contributed by atoms with Gasteiger partial charge in [0.2, 0.25) is 17.7 Å². The summed E-state index contributed by atoms with van der Waals surface area (Å²) >= 11 is 0. The molecule has 5 nitrogen and oxygen atoms in total. The summed E-state index contributed by atoms with van der Waals surface area (Å²) in [6.07, 6.45) is 4.00. The number of rotatable bonds is 4. The number of amides is 3. The van der Waals surface area contributed by atoms with Gasteiger partial charge in [-0.1, -0.05) is 31.2 Å². The molecule has 1 aromatic carbocycles. The zero-order chi connectivity index (χ0) is 19.2. The first-order valence-corrected chi connectivity index (χ1v) is 10.1. The highest BCUT2D eigenvalue weighted by Crippen LogP contribution is 2.45. The molecule has 0 aromatic heterocycles. The molecule has 2 saturated heterocycles. The molecular weight excluding hydrogens is 340 g/mol. The van der Waals surface area contributed by atoms with Crippen LogP contribution in [0.1, 0.15) is 56.6 Å². The fourth-order valence-electron chi connectivity index (χ4n) is 4.65. The molecule has 0 N–H and O–H groups in total. The van der Waals surface area contributed by atoms with Gasteiger partial charge in [-0.25, -0.2) is 0 Å². The second kappa shape index (κ2) is 6.77. The Kier molecular flexibility index (Phi) is 4.57. The van der Waals surface area contributed by atoms with E-state index in [9.17, 15) is 14.4 Å². The van der Waals surface area contributed by atoms with Crippen molar-refractivity contribution in [3.63, 3.8) is 0 Å². The van der Waals surface area contributed by atoms with Crippen LogP contribution in [-0.2, 0) is 19.8 Å². The highest BCUT2D eigenvalue weighted by atomic mass is 16.2. The Morgan fingerprint density at radius 3 is 2.41 bits per heavy atom. The SMILES string of the molecule is Cc1ccccc1C1(CC(=O)N2CCC(C)CC2)CC(=O)N(C2CC2)C1=O. The van der Waals surface area contributed by atoms with Crippen LogP contribution in [0.5, 0.6) is 0 Å². The van der Waals surface area contributed by atoms with Gasteiger partial charge in [0.05, 0.1) is 5.41 Å². The molecule has 3 aliphatic rings. The average molecular weight is 368 g/mol. The van der Waals surface area contributed by atoms with Crippen molar-refractivity contribution in [2.24, 2.45) is 5.92 Å². The van der Waals surface area contributed by atoms with Crippen LogP contribution < -0.4 is 0 Å². The summed E-state index contributed by atoms with van der Waals surface area (Å²) in [4.78, 5) is 42.7. The van der Waals surface area contributed by atoms with Crippen LogP contribution in [0.25, 0.3) is 0 Å².